The summed E-state index contributed by atoms with van der Waals surface area (Å²) < 4.78 is 12.4. The number of para-hydroxylation sites is 2. The van der Waals surface area contributed by atoms with Crippen molar-refractivity contribution in [3.05, 3.63) is 129 Å². The van der Waals surface area contributed by atoms with Crippen LogP contribution in [-0.2, 0) is 48.1 Å². The summed E-state index contributed by atoms with van der Waals surface area (Å²) >= 11 is 2.41. The molecule has 0 saturated carbocycles. The summed E-state index contributed by atoms with van der Waals surface area (Å²) in [6.45, 7) is 26.1. The molecule has 8 rings (SSSR count). The Hall–Kier alpha value is -4.21. The number of aryl methyl sites for hydroxylation is 1. The topological polar surface area (TPSA) is 35.2 Å². The molecule has 1 aliphatic carbocycles. The summed E-state index contributed by atoms with van der Waals surface area (Å²) in [6, 6.07) is 33.0. The van der Waals surface area contributed by atoms with Crippen LogP contribution in [0.25, 0.3) is 16.7 Å². The van der Waals surface area contributed by atoms with Gasteiger partial charge in [0.25, 0.3) is 0 Å². The zero-order valence-corrected chi connectivity index (χ0v) is 35.5. The van der Waals surface area contributed by atoms with Gasteiger partial charge in [-0.25, -0.2) is 0 Å². The SMILES string of the molecule is Cn1[c](=[Pt])n(-c2cccc(Oc3ccc4c(c3)N(c3cc(C(C)(C)C)ccn3)c3cc5c(cc3C4(C)C)C(C)(C)C(C)(C)C5(C)C)c2)c2ccccc21. The fourth-order valence-corrected chi connectivity index (χ4v) is 9.75. The predicted molar refractivity (Wildman–Crippen MR) is 215 cm³/mol. The summed E-state index contributed by atoms with van der Waals surface area (Å²) in [5, 5.41) is 0. The van der Waals surface area contributed by atoms with Crippen LogP contribution in [0.5, 0.6) is 11.5 Å². The van der Waals surface area contributed by atoms with Gasteiger partial charge in [-0.2, -0.15) is 0 Å². The van der Waals surface area contributed by atoms with Gasteiger partial charge in [0.05, 0.1) is 0 Å². The number of aromatic nitrogens is 3. The van der Waals surface area contributed by atoms with E-state index in [1.807, 2.05) is 12.3 Å². The van der Waals surface area contributed by atoms with Crippen molar-refractivity contribution in [3.8, 4) is 17.2 Å². The van der Waals surface area contributed by atoms with Crippen LogP contribution in [0.2, 0.25) is 0 Å². The minimum atomic E-state index is -0.259. The van der Waals surface area contributed by atoms with Crippen LogP contribution in [0.15, 0.2) is 97.2 Å². The summed E-state index contributed by atoms with van der Waals surface area (Å²) in [4.78, 5) is 7.48. The van der Waals surface area contributed by atoms with E-state index < -0.39 is 0 Å². The zero-order valence-electron chi connectivity index (χ0n) is 33.3. The summed E-state index contributed by atoms with van der Waals surface area (Å²) in [5.74, 6) is 2.50. The standard InChI is InChI=1S/C47H52N4O.Pt/c1-43(2,3)30-22-23-48-42(24-30)51-40-26-33(52-32-17-15-16-31(25-32)50-29-49(12)38-18-13-14-19-39(38)50)20-21-34(40)44(4,5)37-27-35-36(28-41(37)51)46(8,9)47(10,11)45(35,6)7;/h13-28H,1-12H3;. The van der Waals surface area contributed by atoms with Gasteiger partial charge in [0.1, 0.15) is 0 Å². The van der Waals surface area contributed by atoms with Crippen molar-refractivity contribution in [2.75, 3.05) is 4.90 Å². The Bertz CT molecular complexity index is 2520. The third-order valence-corrected chi connectivity index (χ3v) is 14.7. The van der Waals surface area contributed by atoms with Crippen LogP contribution in [0.4, 0.5) is 17.2 Å². The van der Waals surface area contributed by atoms with E-state index in [9.17, 15) is 0 Å². The number of hydrogen-bond donors (Lipinski definition) is 0. The fourth-order valence-electron chi connectivity index (χ4n) is 8.91. The molecule has 0 spiro atoms. The molecule has 276 valence electrons. The number of rotatable bonds is 4. The molecular formula is C47H52N4OPt. The van der Waals surface area contributed by atoms with Crippen molar-refractivity contribution < 1.29 is 24.1 Å². The minimum absolute atomic E-state index is 0.00110. The molecule has 0 radical (unpaired) electrons. The number of fused-ring (bicyclic) bond motifs is 4. The summed E-state index contributed by atoms with van der Waals surface area (Å²) in [7, 11) is 2.11. The van der Waals surface area contributed by atoms with Gasteiger partial charge in [-0.15, -0.1) is 0 Å². The summed E-state index contributed by atoms with van der Waals surface area (Å²) in [5.41, 5.74) is 12.2. The first kappa shape index (κ1) is 35.8. The Morgan fingerprint density at radius 2 is 1.28 bits per heavy atom. The summed E-state index contributed by atoms with van der Waals surface area (Å²) in [6.07, 6.45) is 1.97. The normalized spacial score (nSPS) is 17.7. The number of ether oxygens (including phenoxy) is 1. The fraction of sp³-hybridized carbons (Fsp3) is 0.362. The third kappa shape index (κ3) is 5.13. The van der Waals surface area contributed by atoms with Crippen molar-refractivity contribution in [1.82, 2.24) is 14.1 Å². The maximum absolute atomic E-state index is 6.78. The molecule has 5 nitrogen and oxygen atoms in total. The second-order valence-electron chi connectivity index (χ2n) is 18.3. The van der Waals surface area contributed by atoms with Crippen LogP contribution in [0.3, 0.4) is 0 Å². The zero-order chi connectivity index (χ0) is 38.0. The molecule has 4 aromatic carbocycles. The molecule has 0 atom stereocenters. The van der Waals surface area contributed by atoms with Gasteiger partial charge >= 0.3 is 209 Å². The number of hydrogen-bond acceptors (Lipinski definition) is 3. The van der Waals surface area contributed by atoms with Crippen LogP contribution >= 0.6 is 0 Å². The van der Waals surface area contributed by atoms with E-state index in [1.165, 1.54) is 39.0 Å². The molecule has 0 N–H and O–H groups in total. The van der Waals surface area contributed by atoms with Crippen LogP contribution in [0, 0.1) is 9.22 Å². The van der Waals surface area contributed by atoms with Gasteiger partial charge in [-0.1, -0.05) is 68.4 Å². The van der Waals surface area contributed by atoms with Gasteiger partial charge in [-0.3, -0.25) is 0 Å². The molecule has 6 aromatic rings. The molecule has 2 aliphatic rings. The second kappa shape index (κ2) is 11.6. The van der Waals surface area contributed by atoms with Gasteiger partial charge in [-0.05, 0) is 44.4 Å². The average molecular weight is 884 g/mol. The maximum atomic E-state index is 6.78. The predicted octanol–water partition coefficient (Wildman–Crippen LogP) is 12.2. The molecular weight excluding hydrogens is 832 g/mol. The molecule has 1 aliphatic heterocycles. The first-order valence-corrected chi connectivity index (χ1v) is 19.9. The van der Waals surface area contributed by atoms with Crippen molar-refractivity contribution in [2.45, 2.75) is 97.8 Å². The van der Waals surface area contributed by atoms with Crippen LogP contribution < -0.4 is 9.64 Å². The van der Waals surface area contributed by atoms with Gasteiger partial charge in [0.15, 0.2) is 0 Å². The number of pyridine rings is 1. The number of anilines is 3. The first-order valence-electron chi connectivity index (χ1n) is 18.8. The van der Waals surface area contributed by atoms with Gasteiger partial charge in [0.2, 0.25) is 0 Å². The molecule has 0 unspecified atom stereocenters. The number of nitrogens with zero attached hydrogens (tertiary/aromatic N) is 4. The Morgan fingerprint density at radius 1 is 0.642 bits per heavy atom. The van der Waals surface area contributed by atoms with Crippen LogP contribution in [0.1, 0.15) is 104 Å². The van der Waals surface area contributed by atoms with Crippen molar-refractivity contribution in [2.24, 2.45) is 12.5 Å². The second-order valence-corrected chi connectivity index (χ2v) is 19.3. The first-order chi connectivity index (χ1) is 24.8. The third-order valence-electron chi connectivity index (χ3n) is 13.5. The van der Waals surface area contributed by atoms with Crippen molar-refractivity contribution in [1.29, 1.82) is 0 Å². The molecule has 6 heteroatoms. The molecule has 53 heavy (non-hydrogen) atoms. The van der Waals surface area contributed by atoms with Crippen molar-refractivity contribution in [3.63, 3.8) is 0 Å². The molecule has 0 saturated heterocycles. The van der Waals surface area contributed by atoms with Gasteiger partial charge in [0, 0.05) is 6.20 Å². The van der Waals surface area contributed by atoms with Crippen molar-refractivity contribution >= 4 is 28.2 Å². The van der Waals surface area contributed by atoms with E-state index in [1.54, 1.807) is 0 Å². The van der Waals surface area contributed by atoms with Gasteiger partial charge < -0.3 is 0 Å². The molecule has 0 fully saturated rings. The molecule has 2 aromatic heterocycles. The Balaban J connectivity index is 1.30. The number of imidazole rings is 1. The Morgan fingerprint density at radius 3 is 1.98 bits per heavy atom. The van der Waals surface area contributed by atoms with E-state index in [0.29, 0.717) is 0 Å². The Kier molecular flexibility index (Phi) is 7.86. The average Bonchev–Trinajstić information content (AvgIpc) is 3.41. The van der Waals surface area contributed by atoms with E-state index in [2.05, 4.69) is 202 Å². The van der Waals surface area contributed by atoms with Crippen LogP contribution in [-0.4, -0.2) is 14.1 Å². The van der Waals surface area contributed by atoms with E-state index in [0.717, 1.165) is 38.0 Å². The molecule has 0 bridgehead atoms. The van der Waals surface area contributed by atoms with E-state index >= 15 is 0 Å². The Labute approximate surface area is 326 Å². The molecule has 0 amide bonds. The monoisotopic (exact) mass is 883 g/mol. The number of benzene rings is 4. The van der Waals surface area contributed by atoms with E-state index in [-0.39, 0.29) is 27.1 Å². The quantitative estimate of drug-likeness (QED) is 0.177. The molecule has 3 heterocycles. The van der Waals surface area contributed by atoms with E-state index in [4.69, 9.17) is 9.72 Å².